The van der Waals surface area contributed by atoms with Crippen LogP contribution in [-0.4, -0.2) is 68.5 Å². The van der Waals surface area contributed by atoms with E-state index in [2.05, 4.69) is 55.6 Å². The second-order valence-corrected chi connectivity index (χ2v) is 22.4. The molecular weight excluding hydrogens is 864 g/mol. The highest BCUT2D eigenvalue weighted by Crippen LogP contribution is 2.38. The molecule has 0 aliphatic rings. The maximum atomic E-state index is 13.0. The van der Waals surface area contributed by atoms with Crippen LogP contribution in [0, 0.1) is 0 Å². The van der Waals surface area contributed by atoms with Gasteiger partial charge in [-0.05, 0) is 57.8 Å². The van der Waals surface area contributed by atoms with Gasteiger partial charge in [-0.1, -0.05) is 255 Å². The van der Waals surface area contributed by atoms with E-state index in [1.165, 1.54) is 199 Å². The maximum Gasteiger partial charge on any atom is 0.268 e. The number of aliphatic hydroxyl groups excluding tert-OH is 1. The number of carbonyl (C=O) groups excluding carboxylic acids is 1. The van der Waals surface area contributed by atoms with Gasteiger partial charge in [0.1, 0.15) is 13.2 Å². The first kappa shape index (κ1) is 66.5. The van der Waals surface area contributed by atoms with Crippen molar-refractivity contribution in [3.05, 3.63) is 48.6 Å². The van der Waals surface area contributed by atoms with Crippen molar-refractivity contribution in [1.29, 1.82) is 0 Å². The highest BCUT2D eigenvalue weighted by atomic mass is 31.2. The molecule has 68 heavy (non-hydrogen) atoms. The van der Waals surface area contributed by atoms with E-state index < -0.39 is 20.0 Å². The summed E-state index contributed by atoms with van der Waals surface area (Å²) < 4.78 is 23.4. The van der Waals surface area contributed by atoms with E-state index >= 15 is 0 Å². The minimum atomic E-state index is -4.60. The Morgan fingerprint density at radius 3 is 1.24 bits per heavy atom. The van der Waals surface area contributed by atoms with Crippen molar-refractivity contribution in [3.63, 3.8) is 0 Å². The first-order valence-electron chi connectivity index (χ1n) is 29.0. The highest BCUT2D eigenvalue weighted by Gasteiger charge is 2.23. The third kappa shape index (κ3) is 52.3. The summed E-state index contributed by atoms with van der Waals surface area (Å²) in [5.41, 5.74) is 0. The molecule has 0 spiro atoms. The Balaban J connectivity index is 4.23. The zero-order chi connectivity index (χ0) is 49.9. The molecule has 0 saturated carbocycles. The Morgan fingerprint density at radius 1 is 0.515 bits per heavy atom. The topological polar surface area (TPSA) is 108 Å². The van der Waals surface area contributed by atoms with E-state index in [4.69, 9.17) is 9.05 Å². The van der Waals surface area contributed by atoms with Crippen molar-refractivity contribution < 1.29 is 32.9 Å². The predicted molar refractivity (Wildman–Crippen MR) is 293 cm³/mol. The number of phosphoric acid groups is 1. The quantitative estimate of drug-likeness (QED) is 0.0272. The minimum absolute atomic E-state index is 0.00239. The Kier molecular flexibility index (Phi) is 49.3. The molecule has 1 amide bonds. The molecule has 3 unspecified atom stereocenters. The van der Waals surface area contributed by atoms with Gasteiger partial charge < -0.3 is 28.8 Å². The molecule has 0 heterocycles. The van der Waals surface area contributed by atoms with Gasteiger partial charge in [0, 0.05) is 6.42 Å². The monoisotopic (exact) mass is 977 g/mol. The van der Waals surface area contributed by atoms with E-state index in [0.717, 1.165) is 51.4 Å². The predicted octanol–water partition coefficient (Wildman–Crippen LogP) is 16.9. The molecule has 0 aromatic heterocycles. The summed E-state index contributed by atoms with van der Waals surface area (Å²) in [7, 11) is 1.26. The van der Waals surface area contributed by atoms with Crippen LogP contribution in [0.3, 0.4) is 0 Å². The van der Waals surface area contributed by atoms with Gasteiger partial charge >= 0.3 is 0 Å². The van der Waals surface area contributed by atoms with E-state index in [-0.39, 0.29) is 19.1 Å². The zero-order valence-electron chi connectivity index (χ0n) is 45.6. The van der Waals surface area contributed by atoms with Crippen LogP contribution in [0.2, 0.25) is 0 Å². The molecule has 0 rings (SSSR count). The number of carbonyl (C=O) groups is 1. The number of amides is 1. The molecule has 0 aromatic carbocycles. The van der Waals surface area contributed by atoms with Gasteiger partial charge in [-0.15, -0.1) is 0 Å². The smallest absolute Gasteiger partial charge is 0.268 e. The van der Waals surface area contributed by atoms with Crippen LogP contribution < -0.4 is 10.2 Å². The third-order valence-corrected chi connectivity index (χ3v) is 14.0. The number of quaternary nitrogens is 1. The lowest BCUT2D eigenvalue weighted by Crippen LogP contribution is -2.45. The first-order chi connectivity index (χ1) is 33.0. The number of nitrogens with one attached hydrogen (secondary N) is 1. The number of hydrogen-bond acceptors (Lipinski definition) is 6. The van der Waals surface area contributed by atoms with Crippen LogP contribution in [-0.2, 0) is 18.4 Å². The second-order valence-electron chi connectivity index (χ2n) is 21.0. The van der Waals surface area contributed by atoms with Crippen molar-refractivity contribution in [2.75, 3.05) is 40.9 Å². The van der Waals surface area contributed by atoms with E-state index in [0.29, 0.717) is 17.4 Å². The van der Waals surface area contributed by atoms with Gasteiger partial charge in [-0.3, -0.25) is 9.36 Å². The molecule has 3 atom stereocenters. The molecule has 0 aliphatic carbocycles. The molecular formula is C59H113N2O6P. The highest BCUT2D eigenvalue weighted by molar-refractivity contribution is 7.45. The summed E-state index contributed by atoms with van der Waals surface area (Å²) in [6.07, 6.45) is 66.0. The summed E-state index contributed by atoms with van der Waals surface area (Å²) in [5, 5.41) is 13.9. The van der Waals surface area contributed by atoms with Gasteiger partial charge in [0.15, 0.2) is 0 Å². The molecule has 0 radical (unpaired) electrons. The van der Waals surface area contributed by atoms with Crippen molar-refractivity contribution in [2.24, 2.45) is 0 Å². The van der Waals surface area contributed by atoms with Gasteiger partial charge in [-0.2, -0.15) is 0 Å². The fourth-order valence-corrected chi connectivity index (χ4v) is 9.18. The average Bonchev–Trinajstić information content (AvgIpc) is 3.30. The van der Waals surface area contributed by atoms with Crippen LogP contribution in [0.15, 0.2) is 48.6 Å². The first-order valence-corrected chi connectivity index (χ1v) is 30.5. The minimum Gasteiger partial charge on any atom is -0.756 e. The summed E-state index contributed by atoms with van der Waals surface area (Å²) in [6.45, 7) is 4.66. The molecule has 0 aliphatic heterocycles. The standard InChI is InChI=1S/C59H113N2O6P/c1-6-8-10-12-14-16-18-20-22-24-26-28-29-30-31-33-35-37-39-41-43-45-47-49-51-53-59(63)60-57(56-67-68(64,65)66-55-54-61(3,4)5)58(62)52-50-48-46-44-42-40-38-36-34-32-27-25-23-21-19-17-15-13-11-9-7-2/h18,20,24,26,29-30,50,52,57-58,62H,6-17,19,21-23,25,27-28,31-49,51,53-56H2,1-5H3,(H-,60,63,64,65)/b20-18-,26-24-,30-29-,52-50+. The van der Waals surface area contributed by atoms with Gasteiger partial charge in [0.05, 0.1) is 39.9 Å². The Morgan fingerprint density at radius 2 is 0.853 bits per heavy atom. The van der Waals surface area contributed by atoms with Gasteiger partial charge in [0.25, 0.3) is 7.82 Å². The van der Waals surface area contributed by atoms with Crippen molar-refractivity contribution in [1.82, 2.24) is 5.32 Å². The summed E-state index contributed by atoms with van der Waals surface area (Å²) in [4.78, 5) is 25.5. The van der Waals surface area contributed by atoms with E-state index in [1.807, 2.05) is 27.2 Å². The second kappa shape index (κ2) is 50.4. The number of unbranched alkanes of at least 4 members (excludes halogenated alkanes) is 34. The van der Waals surface area contributed by atoms with E-state index in [9.17, 15) is 19.4 Å². The van der Waals surface area contributed by atoms with Crippen LogP contribution in [0.1, 0.15) is 271 Å². The zero-order valence-corrected chi connectivity index (χ0v) is 46.5. The third-order valence-electron chi connectivity index (χ3n) is 13.0. The van der Waals surface area contributed by atoms with E-state index in [1.54, 1.807) is 6.08 Å². The lowest BCUT2D eigenvalue weighted by Gasteiger charge is -2.29. The molecule has 400 valence electrons. The molecule has 0 saturated heterocycles. The molecule has 8 nitrogen and oxygen atoms in total. The molecule has 0 aromatic rings. The fourth-order valence-electron chi connectivity index (χ4n) is 8.46. The van der Waals surface area contributed by atoms with Crippen LogP contribution in [0.5, 0.6) is 0 Å². The maximum absolute atomic E-state index is 13.0. The number of hydrogen-bond donors (Lipinski definition) is 2. The number of likely N-dealkylation sites (N-methyl/N-ethyl adjacent to an activating group) is 1. The van der Waals surface area contributed by atoms with Gasteiger partial charge in [0.2, 0.25) is 5.91 Å². The Hall–Kier alpha value is -1.54. The number of aliphatic hydroxyl groups is 1. The largest absolute Gasteiger partial charge is 0.756 e. The SMILES string of the molecule is CCCCCCC/C=C\C/C=C\C/C=C\CCCCCCCCCCCCC(=O)NC(COP(=O)([O-])OCC[N+](C)(C)C)C(O)/C=C/CCCCCCCCCCCCCCCCCCCCC. The average molecular weight is 978 g/mol. The van der Waals surface area contributed by atoms with Crippen LogP contribution in [0.25, 0.3) is 0 Å². The van der Waals surface area contributed by atoms with Crippen molar-refractivity contribution in [2.45, 2.75) is 283 Å². The number of allylic oxidation sites excluding steroid dienone is 7. The summed E-state index contributed by atoms with van der Waals surface area (Å²) >= 11 is 0. The summed E-state index contributed by atoms with van der Waals surface area (Å²) in [6, 6.07) is -0.890. The van der Waals surface area contributed by atoms with Crippen molar-refractivity contribution >= 4 is 13.7 Å². The lowest BCUT2D eigenvalue weighted by atomic mass is 10.0. The number of rotatable bonds is 53. The number of nitrogens with zero attached hydrogens (tertiary/aromatic N) is 1. The molecule has 9 heteroatoms. The Bertz CT molecular complexity index is 1250. The van der Waals surface area contributed by atoms with Crippen LogP contribution >= 0.6 is 7.82 Å². The van der Waals surface area contributed by atoms with Crippen molar-refractivity contribution in [3.8, 4) is 0 Å². The normalized spacial score (nSPS) is 14.3. The number of phosphoric ester groups is 1. The molecule has 2 N–H and O–H groups in total. The fraction of sp³-hybridized carbons (Fsp3) is 0.847. The Labute approximate surface area is 422 Å². The lowest BCUT2D eigenvalue weighted by molar-refractivity contribution is -0.870. The molecule has 0 bridgehead atoms. The van der Waals surface area contributed by atoms with Gasteiger partial charge in [-0.25, -0.2) is 0 Å². The summed E-state index contributed by atoms with van der Waals surface area (Å²) in [5.74, 6) is -0.200. The molecule has 0 fully saturated rings. The van der Waals surface area contributed by atoms with Crippen LogP contribution in [0.4, 0.5) is 0 Å².